The second-order valence-corrected chi connectivity index (χ2v) is 2.47. The number of aliphatic imine (C=N–C) groups is 1. The lowest BCUT2D eigenvalue weighted by atomic mass is 10.3. The van der Waals surface area contributed by atoms with Crippen LogP contribution in [0, 0.1) is 0 Å². The number of hydrogen-bond donors (Lipinski definition) is 2. The molecule has 0 radical (unpaired) electrons. The van der Waals surface area contributed by atoms with Gasteiger partial charge in [0.1, 0.15) is 5.84 Å². The molecule has 0 aliphatic heterocycles. The minimum Gasteiger partial charge on any atom is -0.481 e. The summed E-state index contributed by atoms with van der Waals surface area (Å²) in [6, 6.07) is 0. The highest BCUT2D eigenvalue weighted by Gasteiger charge is 2.01. The van der Waals surface area contributed by atoms with Gasteiger partial charge in [0.2, 0.25) is 0 Å². The average molecular weight is 170 g/mol. The van der Waals surface area contributed by atoms with E-state index >= 15 is 0 Å². The van der Waals surface area contributed by atoms with E-state index in [-0.39, 0.29) is 6.42 Å². The van der Waals surface area contributed by atoms with E-state index in [9.17, 15) is 4.79 Å². The topological polar surface area (TPSA) is 61.7 Å². The van der Waals surface area contributed by atoms with Crippen LogP contribution in [0.15, 0.2) is 17.3 Å². The summed E-state index contributed by atoms with van der Waals surface area (Å²) >= 11 is 0. The molecule has 2 N–H and O–H groups in total. The lowest BCUT2D eigenvalue weighted by Crippen LogP contribution is -2.21. The SMILES string of the molecule is C=C(C)NC(CCC(=O)O)=NC. The summed E-state index contributed by atoms with van der Waals surface area (Å²) in [6.07, 6.45) is 0.506. The van der Waals surface area contributed by atoms with Crippen molar-refractivity contribution < 1.29 is 9.90 Å². The Kier molecular flexibility index (Phi) is 4.76. The zero-order valence-corrected chi connectivity index (χ0v) is 7.42. The molecular formula is C8H14N2O2. The molecule has 0 saturated heterocycles. The maximum Gasteiger partial charge on any atom is 0.303 e. The number of carboxylic acids is 1. The minimum absolute atomic E-state index is 0.0902. The predicted octanol–water partition coefficient (Wildman–Crippen LogP) is 1.00. The fourth-order valence-electron chi connectivity index (χ4n) is 0.702. The molecule has 0 fully saturated rings. The van der Waals surface area contributed by atoms with Crippen LogP contribution in [-0.4, -0.2) is 24.0 Å². The van der Waals surface area contributed by atoms with Crippen LogP contribution in [0.4, 0.5) is 0 Å². The van der Waals surface area contributed by atoms with Crippen molar-refractivity contribution in [2.75, 3.05) is 7.05 Å². The summed E-state index contributed by atoms with van der Waals surface area (Å²) in [6.45, 7) is 5.43. The van der Waals surface area contributed by atoms with Crippen molar-refractivity contribution in [3.8, 4) is 0 Å². The van der Waals surface area contributed by atoms with Crippen molar-refractivity contribution in [1.82, 2.24) is 5.32 Å². The van der Waals surface area contributed by atoms with Crippen LogP contribution in [0.5, 0.6) is 0 Å². The molecule has 0 spiro atoms. The Balaban J connectivity index is 3.85. The van der Waals surface area contributed by atoms with Crippen molar-refractivity contribution in [1.29, 1.82) is 0 Å². The van der Waals surface area contributed by atoms with E-state index in [0.717, 1.165) is 5.70 Å². The summed E-state index contributed by atoms with van der Waals surface area (Å²) in [4.78, 5) is 14.1. The van der Waals surface area contributed by atoms with Gasteiger partial charge in [-0.3, -0.25) is 9.79 Å². The molecule has 0 aromatic heterocycles. The first-order chi connectivity index (χ1) is 5.56. The molecule has 0 atom stereocenters. The Morgan fingerprint density at radius 3 is 2.50 bits per heavy atom. The third-order valence-corrected chi connectivity index (χ3v) is 1.20. The number of rotatable bonds is 4. The summed E-state index contributed by atoms with van der Waals surface area (Å²) in [5.74, 6) is -0.162. The number of nitrogens with zero attached hydrogens (tertiary/aromatic N) is 1. The minimum atomic E-state index is -0.820. The van der Waals surface area contributed by atoms with Gasteiger partial charge in [0.05, 0.1) is 6.42 Å². The molecule has 0 aliphatic rings. The summed E-state index contributed by atoms with van der Waals surface area (Å²) in [5, 5.41) is 11.3. The van der Waals surface area contributed by atoms with Crippen molar-refractivity contribution in [3.63, 3.8) is 0 Å². The summed E-state index contributed by atoms with van der Waals surface area (Å²) in [5.41, 5.74) is 0.765. The third-order valence-electron chi connectivity index (χ3n) is 1.20. The van der Waals surface area contributed by atoms with Crippen LogP contribution < -0.4 is 5.32 Å². The van der Waals surface area contributed by atoms with Gasteiger partial charge in [-0.25, -0.2) is 0 Å². The van der Waals surface area contributed by atoms with Gasteiger partial charge < -0.3 is 10.4 Å². The number of allylic oxidation sites excluding steroid dienone is 1. The fraction of sp³-hybridized carbons (Fsp3) is 0.500. The monoisotopic (exact) mass is 170 g/mol. The van der Waals surface area contributed by atoms with Crippen LogP contribution >= 0.6 is 0 Å². The van der Waals surface area contributed by atoms with Crippen molar-refractivity contribution >= 4 is 11.8 Å². The lowest BCUT2D eigenvalue weighted by Gasteiger charge is -2.06. The molecule has 0 rings (SSSR count). The fourth-order valence-corrected chi connectivity index (χ4v) is 0.702. The van der Waals surface area contributed by atoms with Crippen LogP contribution in [0.2, 0.25) is 0 Å². The van der Waals surface area contributed by atoms with E-state index in [1.54, 1.807) is 14.0 Å². The molecule has 0 bridgehead atoms. The van der Waals surface area contributed by atoms with Gasteiger partial charge in [0.15, 0.2) is 0 Å². The molecular weight excluding hydrogens is 156 g/mol. The molecule has 0 aliphatic carbocycles. The number of carbonyl (C=O) groups is 1. The zero-order valence-electron chi connectivity index (χ0n) is 7.42. The normalized spacial score (nSPS) is 11.0. The first-order valence-electron chi connectivity index (χ1n) is 3.66. The van der Waals surface area contributed by atoms with E-state index in [1.807, 2.05) is 0 Å². The van der Waals surface area contributed by atoms with Crippen LogP contribution in [0.3, 0.4) is 0 Å². The molecule has 0 aromatic carbocycles. The Morgan fingerprint density at radius 2 is 2.17 bits per heavy atom. The van der Waals surface area contributed by atoms with E-state index in [2.05, 4.69) is 16.9 Å². The molecule has 68 valence electrons. The quantitative estimate of drug-likeness (QED) is 0.488. The number of amidine groups is 1. The molecule has 4 nitrogen and oxygen atoms in total. The predicted molar refractivity (Wildman–Crippen MR) is 48.2 cm³/mol. The van der Waals surface area contributed by atoms with Gasteiger partial charge in [0.25, 0.3) is 0 Å². The van der Waals surface area contributed by atoms with E-state index in [0.29, 0.717) is 12.3 Å². The standard InChI is InChI=1S/C8H14N2O2/c1-6(2)10-7(9-3)4-5-8(11)12/h1,4-5H2,2-3H3,(H,9,10)(H,11,12). The van der Waals surface area contributed by atoms with Gasteiger partial charge in [0, 0.05) is 19.2 Å². The molecule has 0 saturated carbocycles. The van der Waals surface area contributed by atoms with Gasteiger partial charge in [-0.05, 0) is 6.92 Å². The molecule has 0 heterocycles. The Morgan fingerprint density at radius 1 is 1.58 bits per heavy atom. The van der Waals surface area contributed by atoms with Gasteiger partial charge >= 0.3 is 5.97 Å². The van der Waals surface area contributed by atoms with Gasteiger partial charge in [-0.1, -0.05) is 6.58 Å². The highest BCUT2D eigenvalue weighted by atomic mass is 16.4. The molecule has 0 amide bonds. The Bertz CT molecular complexity index is 209. The smallest absolute Gasteiger partial charge is 0.303 e. The molecule has 0 aromatic rings. The Hall–Kier alpha value is -1.32. The molecule has 0 unspecified atom stereocenters. The number of nitrogens with one attached hydrogen (secondary N) is 1. The second-order valence-electron chi connectivity index (χ2n) is 2.47. The molecule has 4 heteroatoms. The lowest BCUT2D eigenvalue weighted by molar-refractivity contribution is -0.136. The second kappa shape index (κ2) is 5.35. The zero-order chi connectivity index (χ0) is 9.56. The van der Waals surface area contributed by atoms with Crippen LogP contribution in [0.1, 0.15) is 19.8 Å². The third kappa shape index (κ3) is 5.46. The average Bonchev–Trinajstić information content (AvgIpc) is 1.97. The highest BCUT2D eigenvalue weighted by Crippen LogP contribution is 1.92. The van der Waals surface area contributed by atoms with Crippen molar-refractivity contribution in [2.45, 2.75) is 19.8 Å². The largest absolute Gasteiger partial charge is 0.481 e. The highest BCUT2D eigenvalue weighted by molar-refractivity contribution is 5.86. The van der Waals surface area contributed by atoms with E-state index < -0.39 is 5.97 Å². The van der Waals surface area contributed by atoms with Crippen molar-refractivity contribution in [3.05, 3.63) is 12.3 Å². The first-order valence-corrected chi connectivity index (χ1v) is 3.66. The Labute approximate surface area is 72.0 Å². The first kappa shape index (κ1) is 10.7. The van der Waals surface area contributed by atoms with E-state index in [4.69, 9.17) is 5.11 Å². The maximum atomic E-state index is 10.2. The number of aliphatic carboxylic acids is 1. The van der Waals surface area contributed by atoms with Crippen LogP contribution in [-0.2, 0) is 4.79 Å². The maximum absolute atomic E-state index is 10.2. The van der Waals surface area contributed by atoms with Gasteiger partial charge in [-0.15, -0.1) is 0 Å². The van der Waals surface area contributed by atoms with Gasteiger partial charge in [-0.2, -0.15) is 0 Å². The number of hydrogen-bond acceptors (Lipinski definition) is 2. The van der Waals surface area contributed by atoms with Crippen molar-refractivity contribution in [2.24, 2.45) is 4.99 Å². The molecule has 12 heavy (non-hydrogen) atoms. The van der Waals surface area contributed by atoms with Crippen LogP contribution in [0.25, 0.3) is 0 Å². The van der Waals surface area contributed by atoms with E-state index in [1.165, 1.54) is 0 Å². The summed E-state index contributed by atoms with van der Waals surface area (Å²) < 4.78 is 0. The number of carboxylic acid groups (broad SMARTS) is 1. The summed E-state index contributed by atoms with van der Waals surface area (Å²) in [7, 11) is 1.62.